The number of hydrogen-bond donors (Lipinski definition) is 2. The van der Waals surface area contributed by atoms with Crippen molar-refractivity contribution in [2.45, 2.75) is 12.5 Å². The number of hydrogen-bond acceptors (Lipinski definition) is 3. The van der Waals surface area contributed by atoms with Gasteiger partial charge in [-0.1, -0.05) is 41.4 Å². The van der Waals surface area contributed by atoms with Gasteiger partial charge in [0.25, 0.3) is 0 Å². The molecule has 1 atom stereocenters. The number of fused-ring (bicyclic) bond motifs is 1. The van der Waals surface area contributed by atoms with Crippen molar-refractivity contribution in [3.8, 4) is 0 Å². The molecule has 1 aromatic heterocycles. The zero-order valence-corrected chi connectivity index (χ0v) is 16.0. The number of nitrogens with zero attached hydrogens (tertiary/aromatic N) is 2. The van der Waals surface area contributed by atoms with Crippen LogP contribution in [0.4, 0.5) is 16.2 Å². The summed E-state index contributed by atoms with van der Waals surface area (Å²) in [4.78, 5) is 18.8. The first-order chi connectivity index (χ1) is 13.1. The molecule has 2 heterocycles. The van der Waals surface area contributed by atoms with Crippen molar-refractivity contribution in [2.75, 3.05) is 23.3 Å². The summed E-state index contributed by atoms with van der Waals surface area (Å²) in [6, 6.07) is 13.1. The van der Waals surface area contributed by atoms with Crippen molar-refractivity contribution in [1.82, 2.24) is 10.3 Å². The number of amides is 2. The van der Waals surface area contributed by atoms with Gasteiger partial charge in [-0.05, 0) is 30.7 Å². The monoisotopic (exact) mass is 400 g/mol. The fraction of sp³-hybridized carbons (Fsp3) is 0.200. The van der Waals surface area contributed by atoms with E-state index >= 15 is 0 Å². The normalized spacial score (nSPS) is 16.5. The molecule has 0 unspecified atom stereocenters. The summed E-state index contributed by atoms with van der Waals surface area (Å²) in [5.74, 6) is 0. The highest BCUT2D eigenvalue weighted by Crippen LogP contribution is 2.30. The molecule has 2 aromatic carbocycles. The molecule has 0 radical (unpaired) electrons. The van der Waals surface area contributed by atoms with Gasteiger partial charge in [-0.15, -0.1) is 0 Å². The van der Waals surface area contributed by atoms with Gasteiger partial charge in [0.1, 0.15) is 0 Å². The second-order valence-electron chi connectivity index (χ2n) is 6.51. The average molecular weight is 401 g/mol. The van der Waals surface area contributed by atoms with Crippen molar-refractivity contribution in [2.24, 2.45) is 0 Å². The lowest BCUT2D eigenvalue weighted by Crippen LogP contribution is -2.39. The molecule has 0 spiro atoms. The third-order valence-electron chi connectivity index (χ3n) is 4.72. The van der Waals surface area contributed by atoms with E-state index < -0.39 is 0 Å². The predicted molar refractivity (Wildman–Crippen MR) is 111 cm³/mol. The Bertz CT molecular complexity index is 989. The van der Waals surface area contributed by atoms with E-state index in [1.54, 1.807) is 24.4 Å². The first-order valence-electron chi connectivity index (χ1n) is 8.71. The lowest BCUT2D eigenvalue weighted by Gasteiger charge is -2.21. The van der Waals surface area contributed by atoms with Crippen LogP contribution in [0, 0.1) is 0 Å². The maximum absolute atomic E-state index is 12.3. The first kappa shape index (κ1) is 17.9. The summed E-state index contributed by atoms with van der Waals surface area (Å²) >= 11 is 12.1. The zero-order valence-electron chi connectivity index (χ0n) is 14.5. The van der Waals surface area contributed by atoms with Crippen LogP contribution in [0.25, 0.3) is 10.8 Å². The molecule has 0 saturated carbocycles. The molecule has 138 valence electrons. The average Bonchev–Trinajstić information content (AvgIpc) is 3.13. The highest BCUT2D eigenvalue weighted by molar-refractivity contribution is 6.43. The summed E-state index contributed by atoms with van der Waals surface area (Å²) in [5.41, 5.74) is 1.66. The van der Waals surface area contributed by atoms with Crippen LogP contribution in [-0.2, 0) is 0 Å². The Balaban J connectivity index is 1.42. The van der Waals surface area contributed by atoms with E-state index in [2.05, 4.69) is 32.7 Å². The van der Waals surface area contributed by atoms with Crippen molar-refractivity contribution < 1.29 is 4.79 Å². The summed E-state index contributed by atoms with van der Waals surface area (Å²) in [6.07, 6.45) is 4.55. The van der Waals surface area contributed by atoms with Crippen molar-refractivity contribution >= 4 is 51.4 Å². The molecule has 1 aliphatic rings. The maximum Gasteiger partial charge on any atom is 0.319 e. The van der Waals surface area contributed by atoms with E-state index in [0.29, 0.717) is 15.7 Å². The number of nitrogens with one attached hydrogen (secondary N) is 2. The molecule has 1 aliphatic heterocycles. The van der Waals surface area contributed by atoms with Gasteiger partial charge in [0.2, 0.25) is 0 Å². The molecule has 5 nitrogen and oxygen atoms in total. The van der Waals surface area contributed by atoms with Crippen molar-refractivity contribution in [1.29, 1.82) is 0 Å². The van der Waals surface area contributed by atoms with Gasteiger partial charge in [-0.2, -0.15) is 0 Å². The number of carbonyl (C=O) groups excluding carboxylic acids is 1. The van der Waals surface area contributed by atoms with Crippen LogP contribution in [0.3, 0.4) is 0 Å². The fourth-order valence-corrected chi connectivity index (χ4v) is 3.77. The number of aromatic nitrogens is 1. The van der Waals surface area contributed by atoms with Gasteiger partial charge in [-0.3, -0.25) is 4.98 Å². The molecule has 2 amide bonds. The molecule has 0 aliphatic carbocycles. The molecule has 2 N–H and O–H groups in total. The lowest BCUT2D eigenvalue weighted by atomic mass is 10.1. The Kier molecular flexibility index (Phi) is 5.05. The standard InChI is InChI=1S/C20H18Cl2N4O/c21-16-4-2-5-17(19(16)22)25-20(27)24-14-8-10-26(12-14)18-6-1-3-13-11-23-9-7-15(13)18/h1-7,9,11,14H,8,10,12H2,(H2,24,25,27)/t14-/m1/s1. The summed E-state index contributed by atoms with van der Waals surface area (Å²) in [5, 5.41) is 8.81. The maximum atomic E-state index is 12.3. The van der Waals surface area contributed by atoms with Gasteiger partial charge in [0.05, 0.1) is 15.7 Å². The van der Waals surface area contributed by atoms with E-state index in [9.17, 15) is 4.79 Å². The first-order valence-corrected chi connectivity index (χ1v) is 9.46. The molecule has 0 bridgehead atoms. The van der Waals surface area contributed by atoms with Crippen LogP contribution >= 0.6 is 23.2 Å². The largest absolute Gasteiger partial charge is 0.369 e. The van der Waals surface area contributed by atoms with Crippen LogP contribution in [0.5, 0.6) is 0 Å². The summed E-state index contributed by atoms with van der Waals surface area (Å²) in [6.45, 7) is 1.63. The number of benzene rings is 2. The van der Waals surface area contributed by atoms with E-state index in [-0.39, 0.29) is 12.1 Å². The molecule has 1 fully saturated rings. The molecule has 27 heavy (non-hydrogen) atoms. The Morgan fingerprint density at radius 1 is 1.15 bits per heavy atom. The van der Waals surface area contributed by atoms with Crippen LogP contribution < -0.4 is 15.5 Å². The molecule has 4 rings (SSSR count). The number of carbonyl (C=O) groups is 1. The van der Waals surface area contributed by atoms with Crippen LogP contribution in [0.2, 0.25) is 10.0 Å². The van der Waals surface area contributed by atoms with Crippen LogP contribution in [-0.4, -0.2) is 30.1 Å². The third-order valence-corrected chi connectivity index (χ3v) is 5.54. The van der Waals surface area contributed by atoms with E-state index in [1.165, 1.54) is 5.39 Å². The number of rotatable bonds is 3. The SMILES string of the molecule is O=C(Nc1cccc(Cl)c1Cl)N[C@@H]1CCN(c2cccc3cnccc23)C1. The third kappa shape index (κ3) is 3.80. The number of anilines is 2. The minimum Gasteiger partial charge on any atom is -0.369 e. The van der Waals surface area contributed by atoms with E-state index in [4.69, 9.17) is 23.2 Å². The van der Waals surface area contributed by atoms with Gasteiger partial charge < -0.3 is 15.5 Å². The smallest absolute Gasteiger partial charge is 0.319 e. The molecule has 3 aromatic rings. The van der Waals surface area contributed by atoms with Crippen LogP contribution in [0.15, 0.2) is 54.9 Å². The number of urea groups is 1. The minimum absolute atomic E-state index is 0.0556. The lowest BCUT2D eigenvalue weighted by molar-refractivity contribution is 0.249. The van der Waals surface area contributed by atoms with Crippen LogP contribution in [0.1, 0.15) is 6.42 Å². The quantitative estimate of drug-likeness (QED) is 0.654. The van der Waals surface area contributed by atoms with Gasteiger partial charge >= 0.3 is 6.03 Å². The predicted octanol–water partition coefficient (Wildman–Crippen LogP) is 4.94. The second-order valence-corrected chi connectivity index (χ2v) is 7.29. The van der Waals surface area contributed by atoms with Gasteiger partial charge in [0.15, 0.2) is 0 Å². The number of halogens is 2. The second kappa shape index (κ2) is 7.62. The topological polar surface area (TPSA) is 57.3 Å². The van der Waals surface area contributed by atoms with Crippen molar-refractivity contribution in [3.05, 3.63) is 64.9 Å². The minimum atomic E-state index is -0.284. The van der Waals surface area contributed by atoms with E-state index in [1.807, 2.05) is 18.3 Å². The summed E-state index contributed by atoms with van der Waals surface area (Å²) in [7, 11) is 0. The Hall–Kier alpha value is -2.50. The highest BCUT2D eigenvalue weighted by Gasteiger charge is 2.25. The summed E-state index contributed by atoms with van der Waals surface area (Å²) < 4.78 is 0. The molecule has 7 heteroatoms. The number of pyridine rings is 1. The van der Waals surface area contributed by atoms with Gasteiger partial charge in [0, 0.05) is 48.0 Å². The highest BCUT2D eigenvalue weighted by atomic mass is 35.5. The Morgan fingerprint density at radius 2 is 2.00 bits per heavy atom. The van der Waals surface area contributed by atoms with Gasteiger partial charge in [-0.25, -0.2) is 4.79 Å². The molecular weight excluding hydrogens is 383 g/mol. The van der Waals surface area contributed by atoms with E-state index in [0.717, 1.165) is 30.6 Å². The Labute approximate surface area is 167 Å². The van der Waals surface area contributed by atoms with Crippen molar-refractivity contribution in [3.63, 3.8) is 0 Å². The Morgan fingerprint density at radius 3 is 2.89 bits per heavy atom. The fourth-order valence-electron chi connectivity index (χ4n) is 3.42. The molecule has 1 saturated heterocycles. The molecular formula is C20H18Cl2N4O. The zero-order chi connectivity index (χ0) is 18.8.